The number of rotatable bonds is 4. The highest BCUT2D eigenvalue weighted by molar-refractivity contribution is 5.99. The number of hydrogen-bond acceptors (Lipinski definition) is 2. The van der Waals surface area contributed by atoms with Crippen molar-refractivity contribution in [1.82, 2.24) is 0 Å². The monoisotopic (exact) mass is 285 g/mol. The van der Waals surface area contributed by atoms with E-state index in [0.717, 1.165) is 16.8 Å². The van der Waals surface area contributed by atoms with E-state index in [0.29, 0.717) is 5.75 Å². The Morgan fingerprint density at radius 1 is 1.14 bits per heavy atom. The predicted octanol–water partition coefficient (Wildman–Crippen LogP) is 3.97. The highest BCUT2D eigenvalue weighted by Gasteiger charge is 2.00. The number of nitrogens with one attached hydrogen (secondary N) is 1. The van der Waals surface area contributed by atoms with Crippen LogP contribution in [0.1, 0.15) is 11.1 Å². The van der Waals surface area contributed by atoms with Gasteiger partial charge in [0.25, 0.3) is 5.91 Å². The molecule has 0 unspecified atom stereocenters. The van der Waals surface area contributed by atoms with E-state index in [1.807, 2.05) is 32.0 Å². The number of hydrogen-bond donors (Lipinski definition) is 1. The van der Waals surface area contributed by atoms with E-state index in [2.05, 4.69) is 5.32 Å². The summed E-state index contributed by atoms with van der Waals surface area (Å²) in [6.45, 7) is 3.99. The van der Waals surface area contributed by atoms with E-state index >= 15 is 0 Å². The summed E-state index contributed by atoms with van der Waals surface area (Å²) in [5.41, 5.74) is 2.99. The summed E-state index contributed by atoms with van der Waals surface area (Å²) >= 11 is 0. The third-order valence-corrected chi connectivity index (χ3v) is 2.99. The fourth-order valence-corrected chi connectivity index (χ4v) is 1.72. The van der Waals surface area contributed by atoms with Crippen molar-refractivity contribution in [2.45, 2.75) is 13.8 Å². The summed E-state index contributed by atoms with van der Waals surface area (Å²) in [7, 11) is 0. The Balaban J connectivity index is 1.92. The lowest BCUT2D eigenvalue weighted by atomic mass is 10.1. The minimum atomic E-state index is -0.388. The van der Waals surface area contributed by atoms with Crippen LogP contribution >= 0.6 is 0 Å². The number of amides is 1. The zero-order valence-corrected chi connectivity index (χ0v) is 11.9. The SMILES string of the molecule is Cc1ccc(NC(=O)C=COc2cccc(F)c2)cc1C. The maximum absolute atomic E-state index is 12.9. The summed E-state index contributed by atoms with van der Waals surface area (Å²) in [4.78, 5) is 11.7. The first-order valence-corrected chi connectivity index (χ1v) is 6.51. The molecule has 0 atom stereocenters. The second-order valence-electron chi connectivity index (χ2n) is 4.67. The van der Waals surface area contributed by atoms with Gasteiger partial charge in [-0.3, -0.25) is 4.79 Å². The molecule has 2 aromatic rings. The van der Waals surface area contributed by atoms with Gasteiger partial charge in [0.05, 0.1) is 6.26 Å². The molecule has 1 N–H and O–H groups in total. The molecular weight excluding hydrogens is 269 g/mol. The van der Waals surface area contributed by atoms with Crippen molar-refractivity contribution in [3.63, 3.8) is 0 Å². The van der Waals surface area contributed by atoms with Gasteiger partial charge in [-0.2, -0.15) is 0 Å². The molecule has 3 nitrogen and oxygen atoms in total. The average molecular weight is 285 g/mol. The standard InChI is InChI=1S/C17H16FNO2/c1-12-6-7-15(10-13(12)2)19-17(20)8-9-21-16-5-3-4-14(18)11-16/h3-11H,1-2H3,(H,19,20). The molecule has 0 saturated heterocycles. The number of carbonyl (C=O) groups is 1. The van der Waals surface area contributed by atoms with Gasteiger partial charge < -0.3 is 10.1 Å². The van der Waals surface area contributed by atoms with E-state index in [-0.39, 0.29) is 11.7 Å². The molecule has 0 fully saturated rings. The molecule has 0 aromatic heterocycles. The van der Waals surface area contributed by atoms with Crippen LogP contribution < -0.4 is 10.1 Å². The lowest BCUT2D eigenvalue weighted by Crippen LogP contribution is -2.08. The second-order valence-corrected chi connectivity index (χ2v) is 4.67. The zero-order chi connectivity index (χ0) is 15.2. The maximum Gasteiger partial charge on any atom is 0.251 e. The normalized spacial score (nSPS) is 10.6. The number of ether oxygens (including phenoxy) is 1. The van der Waals surface area contributed by atoms with Gasteiger partial charge in [0, 0.05) is 17.8 Å². The first-order chi connectivity index (χ1) is 10.0. The van der Waals surface area contributed by atoms with Gasteiger partial charge in [0.1, 0.15) is 11.6 Å². The van der Waals surface area contributed by atoms with E-state index in [4.69, 9.17) is 4.74 Å². The summed E-state index contributed by atoms with van der Waals surface area (Å²) in [5, 5.41) is 2.73. The topological polar surface area (TPSA) is 38.3 Å². The second kappa shape index (κ2) is 6.70. The summed E-state index contributed by atoms with van der Waals surface area (Å²) in [6.07, 6.45) is 2.48. The van der Waals surface area contributed by atoms with Crippen molar-refractivity contribution in [3.05, 3.63) is 71.7 Å². The molecule has 1 amide bonds. The highest BCUT2D eigenvalue weighted by Crippen LogP contribution is 2.14. The molecular formula is C17H16FNO2. The van der Waals surface area contributed by atoms with Gasteiger partial charge in [0.2, 0.25) is 0 Å². The van der Waals surface area contributed by atoms with Crippen LogP contribution in [0, 0.1) is 19.7 Å². The fourth-order valence-electron chi connectivity index (χ4n) is 1.72. The first-order valence-electron chi connectivity index (χ1n) is 6.51. The molecule has 21 heavy (non-hydrogen) atoms. The highest BCUT2D eigenvalue weighted by atomic mass is 19.1. The van der Waals surface area contributed by atoms with Crippen molar-refractivity contribution in [3.8, 4) is 5.75 Å². The van der Waals surface area contributed by atoms with Crippen LogP contribution in [0.2, 0.25) is 0 Å². The fraction of sp³-hybridized carbons (Fsp3) is 0.118. The van der Waals surface area contributed by atoms with Crippen molar-refractivity contribution < 1.29 is 13.9 Å². The van der Waals surface area contributed by atoms with Crippen molar-refractivity contribution in [1.29, 1.82) is 0 Å². The predicted molar refractivity (Wildman–Crippen MR) is 80.7 cm³/mol. The molecule has 0 aliphatic carbocycles. The van der Waals surface area contributed by atoms with Gasteiger partial charge in [0.15, 0.2) is 0 Å². The number of carbonyl (C=O) groups excluding carboxylic acids is 1. The molecule has 0 spiro atoms. The van der Waals surface area contributed by atoms with Crippen LogP contribution in [-0.2, 0) is 4.79 Å². The Kier molecular flexibility index (Phi) is 4.72. The number of benzene rings is 2. The largest absolute Gasteiger partial charge is 0.465 e. The van der Waals surface area contributed by atoms with E-state index in [1.54, 1.807) is 6.07 Å². The lowest BCUT2D eigenvalue weighted by molar-refractivity contribution is -0.112. The van der Waals surface area contributed by atoms with Gasteiger partial charge >= 0.3 is 0 Å². The Morgan fingerprint density at radius 3 is 2.67 bits per heavy atom. The Morgan fingerprint density at radius 2 is 1.95 bits per heavy atom. The van der Waals surface area contributed by atoms with E-state index < -0.39 is 0 Å². The van der Waals surface area contributed by atoms with Crippen LogP contribution in [-0.4, -0.2) is 5.91 Å². The Labute approximate surface area is 123 Å². The van der Waals surface area contributed by atoms with Crippen LogP contribution in [0.3, 0.4) is 0 Å². The molecule has 2 aromatic carbocycles. The first kappa shape index (κ1) is 14.8. The minimum Gasteiger partial charge on any atom is -0.465 e. The Hall–Kier alpha value is -2.62. The Bertz CT molecular complexity index is 680. The van der Waals surface area contributed by atoms with Crippen molar-refractivity contribution in [2.24, 2.45) is 0 Å². The molecule has 0 saturated carbocycles. The quantitative estimate of drug-likeness (QED) is 0.681. The smallest absolute Gasteiger partial charge is 0.251 e. The molecule has 0 bridgehead atoms. The van der Waals surface area contributed by atoms with Crippen LogP contribution in [0.25, 0.3) is 0 Å². The van der Waals surface area contributed by atoms with Crippen molar-refractivity contribution >= 4 is 11.6 Å². The summed E-state index contributed by atoms with van der Waals surface area (Å²) in [5.74, 6) is -0.361. The number of anilines is 1. The molecule has 0 heterocycles. The molecule has 108 valence electrons. The van der Waals surface area contributed by atoms with Gasteiger partial charge in [-0.1, -0.05) is 12.1 Å². The number of halogens is 1. The molecule has 2 rings (SSSR count). The van der Waals surface area contributed by atoms with Gasteiger partial charge in [-0.25, -0.2) is 4.39 Å². The molecule has 0 aliphatic heterocycles. The van der Waals surface area contributed by atoms with E-state index in [9.17, 15) is 9.18 Å². The van der Waals surface area contributed by atoms with Crippen LogP contribution in [0.5, 0.6) is 5.75 Å². The summed E-state index contributed by atoms with van der Waals surface area (Å²) < 4.78 is 18.1. The number of aryl methyl sites for hydroxylation is 2. The molecule has 0 radical (unpaired) electrons. The van der Waals surface area contributed by atoms with E-state index in [1.165, 1.54) is 30.5 Å². The third kappa shape index (κ3) is 4.45. The average Bonchev–Trinajstić information content (AvgIpc) is 2.43. The van der Waals surface area contributed by atoms with Crippen LogP contribution in [0.15, 0.2) is 54.8 Å². The maximum atomic E-state index is 12.9. The van der Waals surface area contributed by atoms with Gasteiger partial charge in [-0.05, 0) is 49.2 Å². The molecule has 0 aliphatic rings. The lowest BCUT2D eigenvalue weighted by Gasteiger charge is -2.05. The zero-order valence-electron chi connectivity index (χ0n) is 11.9. The molecule has 4 heteroatoms. The third-order valence-electron chi connectivity index (χ3n) is 2.99. The van der Waals surface area contributed by atoms with Crippen LogP contribution in [0.4, 0.5) is 10.1 Å². The van der Waals surface area contributed by atoms with Crippen molar-refractivity contribution in [2.75, 3.05) is 5.32 Å². The summed E-state index contributed by atoms with van der Waals surface area (Å²) in [6, 6.07) is 11.4. The minimum absolute atomic E-state index is 0.311. The van der Waals surface area contributed by atoms with Gasteiger partial charge in [-0.15, -0.1) is 0 Å².